The van der Waals surface area contributed by atoms with E-state index in [0.717, 1.165) is 48.8 Å². The Morgan fingerprint density at radius 2 is 1.97 bits per heavy atom. The summed E-state index contributed by atoms with van der Waals surface area (Å²) in [7, 11) is 0. The number of ether oxygens (including phenoxy) is 2. The van der Waals surface area contributed by atoms with Crippen molar-refractivity contribution in [1.29, 1.82) is 0 Å². The van der Waals surface area contributed by atoms with Crippen molar-refractivity contribution >= 4 is 23.3 Å². The SMILES string of the molecule is CC(C)(CNC(=O)C1CCN(c2ccc(Cl)cn2)CC1)c1ccc2c(c1)OCO2. The highest BCUT2D eigenvalue weighted by Gasteiger charge is 2.29. The van der Waals surface area contributed by atoms with Crippen LogP contribution in [-0.4, -0.2) is 37.3 Å². The quantitative estimate of drug-likeness (QED) is 0.805. The summed E-state index contributed by atoms with van der Waals surface area (Å²) in [6.45, 7) is 6.72. The van der Waals surface area contributed by atoms with Crippen molar-refractivity contribution in [2.24, 2.45) is 5.92 Å². The van der Waals surface area contributed by atoms with Crippen molar-refractivity contribution in [1.82, 2.24) is 10.3 Å². The van der Waals surface area contributed by atoms with Gasteiger partial charge in [-0.1, -0.05) is 31.5 Å². The highest BCUT2D eigenvalue weighted by molar-refractivity contribution is 6.30. The highest BCUT2D eigenvalue weighted by Crippen LogP contribution is 2.36. The molecule has 4 rings (SSSR count). The third-order valence-corrected chi connectivity index (χ3v) is 5.98. The van der Waals surface area contributed by atoms with Crippen molar-refractivity contribution in [2.75, 3.05) is 31.3 Å². The number of amides is 1. The van der Waals surface area contributed by atoms with E-state index in [1.54, 1.807) is 6.20 Å². The van der Waals surface area contributed by atoms with Crippen LogP contribution in [-0.2, 0) is 10.2 Å². The maximum Gasteiger partial charge on any atom is 0.231 e. The molecule has 1 saturated heterocycles. The number of nitrogens with zero attached hydrogens (tertiary/aromatic N) is 2. The molecule has 0 bridgehead atoms. The van der Waals surface area contributed by atoms with Gasteiger partial charge < -0.3 is 19.7 Å². The molecule has 0 saturated carbocycles. The van der Waals surface area contributed by atoms with E-state index in [2.05, 4.69) is 29.0 Å². The average molecular weight is 416 g/mol. The zero-order valence-corrected chi connectivity index (χ0v) is 17.5. The van der Waals surface area contributed by atoms with Crippen molar-refractivity contribution in [3.8, 4) is 11.5 Å². The van der Waals surface area contributed by atoms with Gasteiger partial charge in [-0.25, -0.2) is 4.98 Å². The van der Waals surface area contributed by atoms with Crippen LogP contribution in [0, 0.1) is 5.92 Å². The molecule has 29 heavy (non-hydrogen) atoms. The normalized spacial score (nSPS) is 16.7. The molecule has 0 unspecified atom stereocenters. The van der Waals surface area contributed by atoms with Gasteiger partial charge in [0.05, 0.1) is 5.02 Å². The zero-order valence-electron chi connectivity index (χ0n) is 16.8. The average Bonchev–Trinajstić information content (AvgIpc) is 3.21. The monoisotopic (exact) mass is 415 g/mol. The number of halogens is 1. The smallest absolute Gasteiger partial charge is 0.231 e. The third-order valence-electron chi connectivity index (χ3n) is 5.76. The van der Waals surface area contributed by atoms with E-state index in [-0.39, 0.29) is 24.0 Å². The van der Waals surface area contributed by atoms with Gasteiger partial charge in [-0.15, -0.1) is 0 Å². The Morgan fingerprint density at radius 1 is 1.21 bits per heavy atom. The molecule has 3 heterocycles. The van der Waals surface area contributed by atoms with Crippen molar-refractivity contribution in [3.63, 3.8) is 0 Å². The lowest BCUT2D eigenvalue weighted by molar-refractivity contribution is -0.125. The Bertz CT molecular complexity index is 877. The molecule has 6 nitrogen and oxygen atoms in total. The van der Waals surface area contributed by atoms with Gasteiger partial charge in [0.1, 0.15) is 5.82 Å². The minimum absolute atomic E-state index is 0.0334. The van der Waals surface area contributed by atoms with Gasteiger partial charge in [0.25, 0.3) is 0 Å². The number of rotatable bonds is 5. The van der Waals surface area contributed by atoms with Crippen LogP contribution in [0.15, 0.2) is 36.5 Å². The number of fused-ring (bicyclic) bond motifs is 1. The molecule has 1 aromatic carbocycles. The molecule has 1 N–H and O–H groups in total. The summed E-state index contributed by atoms with van der Waals surface area (Å²) in [6.07, 6.45) is 3.30. The number of hydrogen-bond acceptors (Lipinski definition) is 5. The van der Waals surface area contributed by atoms with Crippen molar-refractivity contribution < 1.29 is 14.3 Å². The predicted octanol–water partition coefficient (Wildman–Crippen LogP) is 3.77. The zero-order chi connectivity index (χ0) is 20.4. The van der Waals surface area contributed by atoms with Crippen molar-refractivity contribution in [3.05, 3.63) is 47.1 Å². The van der Waals surface area contributed by atoms with Gasteiger partial charge in [0.2, 0.25) is 12.7 Å². The minimum Gasteiger partial charge on any atom is -0.454 e. The number of pyridine rings is 1. The first-order valence-electron chi connectivity index (χ1n) is 9.97. The molecule has 2 aliphatic rings. The first-order valence-corrected chi connectivity index (χ1v) is 10.3. The summed E-state index contributed by atoms with van der Waals surface area (Å²) in [5.74, 6) is 2.62. The fraction of sp³-hybridized carbons (Fsp3) is 0.455. The number of piperidine rings is 1. The van der Waals surface area contributed by atoms with Gasteiger partial charge in [0, 0.05) is 37.2 Å². The van der Waals surface area contributed by atoms with Gasteiger partial charge in [0.15, 0.2) is 11.5 Å². The molecule has 0 spiro atoms. The Balaban J connectivity index is 1.30. The van der Waals surface area contributed by atoms with Gasteiger partial charge in [-0.2, -0.15) is 0 Å². The first-order chi connectivity index (χ1) is 13.9. The molecule has 2 aliphatic heterocycles. The van der Waals surface area contributed by atoms with Crippen LogP contribution in [0.5, 0.6) is 11.5 Å². The third kappa shape index (κ3) is 4.42. The van der Waals surface area contributed by atoms with Gasteiger partial charge in [-0.3, -0.25) is 4.79 Å². The maximum atomic E-state index is 12.7. The van der Waals surface area contributed by atoms with Crippen LogP contribution in [0.2, 0.25) is 5.02 Å². The summed E-state index contributed by atoms with van der Waals surface area (Å²) >= 11 is 5.91. The van der Waals surface area contributed by atoms with Crippen LogP contribution in [0.25, 0.3) is 0 Å². The predicted molar refractivity (Wildman–Crippen MR) is 113 cm³/mol. The Labute approximate surface area is 176 Å². The van der Waals surface area contributed by atoms with E-state index in [4.69, 9.17) is 21.1 Å². The lowest BCUT2D eigenvalue weighted by atomic mass is 9.84. The number of aromatic nitrogens is 1. The summed E-state index contributed by atoms with van der Waals surface area (Å²) in [4.78, 5) is 19.3. The largest absolute Gasteiger partial charge is 0.454 e. The fourth-order valence-electron chi connectivity index (χ4n) is 3.80. The Kier molecular flexibility index (Phi) is 5.54. The Morgan fingerprint density at radius 3 is 2.69 bits per heavy atom. The molecular formula is C22H26ClN3O3. The molecule has 1 aromatic heterocycles. The van der Waals surface area contributed by atoms with Crippen LogP contribution < -0.4 is 19.7 Å². The van der Waals surface area contributed by atoms with Crippen LogP contribution >= 0.6 is 11.6 Å². The van der Waals surface area contributed by atoms with Crippen LogP contribution in [0.4, 0.5) is 5.82 Å². The first kappa shape index (κ1) is 19.8. The number of anilines is 1. The summed E-state index contributed by atoms with van der Waals surface area (Å²) in [6, 6.07) is 9.75. The fourth-order valence-corrected chi connectivity index (χ4v) is 3.91. The van der Waals surface area contributed by atoms with Crippen molar-refractivity contribution in [2.45, 2.75) is 32.1 Å². The number of hydrogen-bond donors (Lipinski definition) is 1. The minimum atomic E-state index is -0.204. The number of benzene rings is 1. The van der Waals surface area contributed by atoms with Gasteiger partial charge >= 0.3 is 0 Å². The lowest BCUT2D eigenvalue weighted by Gasteiger charge is -2.33. The lowest BCUT2D eigenvalue weighted by Crippen LogP contribution is -2.44. The summed E-state index contributed by atoms with van der Waals surface area (Å²) in [5, 5.41) is 3.79. The van der Waals surface area contributed by atoms with Gasteiger partial charge in [-0.05, 0) is 42.7 Å². The molecule has 7 heteroatoms. The van der Waals surface area contributed by atoms with E-state index < -0.39 is 0 Å². The van der Waals surface area contributed by atoms with E-state index in [1.165, 1.54) is 0 Å². The van der Waals surface area contributed by atoms with Crippen LogP contribution in [0.3, 0.4) is 0 Å². The molecular weight excluding hydrogens is 390 g/mol. The highest BCUT2D eigenvalue weighted by atomic mass is 35.5. The molecule has 1 fully saturated rings. The molecule has 0 radical (unpaired) electrons. The number of carbonyl (C=O) groups excluding carboxylic acids is 1. The molecule has 0 atom stereocenters. The number of nitrogens with one attached hydrogen (secondary N) is 1. The standard InChI is InChI=1S/C22H26ClN3O3/c1-22(2,16-3-5-18-19(11-16)29-14-28-18)13-25-21(27)15-7-9-26(10-8-15)20-6-4-17(23)12-24-20/h3-6,11-12,15H,7-10,13-14H2,1-2H3,(H,25,27). The second-order valence-electron chi connectivity index (χ2n) is 8.27. The second-order valence-corrected chi connectivity index (χ2v) is 8.70. The van der Waals surface area contributed by atoms with E-state index in [1.807, 2.05) is 30.3 Å². The van der Waals surface area contributed by atoms with Crippen LogP contribution in [0.1, 0.15) is 32.3 Å². The molecule has 0 aliphatic carbocycles. The van der Waals surface area contributed by atoms with E-state index in [0.29, 0.717) is 11.6 Å². The second kappa shape index (κ2) is 8.11. The molecule has 1 amide bonds. The summed E-state index contributed by atoms with van der Waals surface area (Å²) < 4.78 is 10.9. The van der Waals surface area contributed by atoms with E-state index in [9.17, 15) is 4.79 Å². The topological polar surface area (TPSA) is 63.7 Å². The molecule has 2 aromatic rings. The number of carbonyl (C=O) groups is 1. The maximum absolute atomic E-state index is 12.7. The van der Waals surface area contributed by atoms with E-state index >= 15 is 0 Å². The molecule has 154 valence electrons. The Hall–Kier alpha value is -2.47. The summed E-state index contributed by atoms with van der Waals surface area (Å²) in [5.41, 5.74) is 0.913.